The lowest BCUT2D eigenvalue weighted by Gasteiger charge is -2.30. The van der Waals surface area contributed by atoms with Gasteiger partial charge in [-0.05, 0) is 12.8 Å². The maximum atomic E-state index is 11.9. The van der Waals surface area contributed by atoms with Crippen LogP contribution in [-0.2, 0) is 9.59 Å². The molecule has 1 rings (SSSR count). The van der Waals surface area contributed by atoms with Gasteiger partial charge < -0.3 is 10.0 Å². The number of hydrogen-bond donors (Lipinski definition) is 1. The van der Waals surface area contributed by atoms with Crippen molar-refractivity contribution >= 4 is 11.9 Å². The van der Waals surface area contributed by atoms with E-state index in [1.165, 1.54) is 4.90 Å². The number of nitrogens with zero attached hydrogens (tertiary/aromatic N) is 1. The Balaban J connectivity index is 2.46. The SMILES string of the molecule is O=C(O)C1CCC(=O)N(CCCF)C1. The fourth-order valence-electron chi connectivity index (χ4n) is 1.58. The van der Waals surface area contributed by atoms with E-state index in [0.29, 0.717) is 13.0 Å². The van der Waals surface area contributed by atoms with E-state index in [0.717, 1.165) is 0 Å². The molecule has 0 aromatic heterocycles. The van der Waals surface area contributed by atoms with Gasteiger partial charge in [0, 0.05) is 19.5 Å². The molecule has 0 radical (unpaired) electrons. The van der Waals surface area contributed by atoms with Gasteiger partial charge in [0.15, 0.2) is 0 Å². The van der Waals surface area contributed by atoms with Crippen molar-refractivity contribution in [2.45, 2.75) is 19.3 Å². The molecule has 0 aliphatic carbocycles. The van der Waals surface area contributed by atoms with Gasteiger partial charge in [0.2, 0.25) is 5.91 Å². The molecule has 0 aromatic rings. The number of halogens is 1. The van der Waals surface area contributed by atoms with Crippen molar-refractivity contribution in [1.29, 1.82) is 0 Å². The van der Waals surface area contributed by atoms with Crippen molar-refractivity contribution < 1.29 is 19.1 Å². The normalized spacial score (nSPS) is 22.5. The lowest BCUT2D eigenvalue weighted by atomic mass is 9.98. The van der Waals surface area contributed by atoms with Crippen molar-refractivity contribution in [1.82, 2.24) is 4.90 Å². The molecular formula is C9H14FNO3. The molecule has 5 heteroatoms. The number of piperidine rings is 1. The van der Waals surface area contributed by atoms with Gasteiger partial charge in [0.25, 0.3) is 0 Å². The van der Waals surface area contributed by atoms with E-state index in [-0.39, 0.29) is 25.3 Å². The molecule has 0 bridgehead atoms. The molecular weight excluding hydrogens is 189 g/mol. The third kappa shape index (κ3) is 2.68. The maximum absolute atomic E-state index is 11.9. The van der Waals surface area contributed by atoms with Crippen LogP contribution in [0.15, 0.2) is 0 Å². The number of carbonyl (C=O) groups is 2. The number of aliphatic carboxylic acids is 1. The summed E-state index contributed by atoms with van der Waals surface area (Å²) in [5.74, 6) is -1.41. The Morgan fingerprint density at radius 3 is 2.93 bits per heavy atom. The van der Waals surface area contributed by atoms with E-state index in [1.807, 2.05) is 0 Å². The zero-order valence-corrected chi connectivity index (χ0v) is 7.91. The predicted molar refractivity (Wildman–Crippen MR) is 47.5 cm³/mol. The van der Waals surface area contributed by atoms with Crippen molar-refractivity contribution in [3.8, 4) is 0 Å². The molecule has 1 unspecified atom stereocenters. The van der Waals surface area contributed by atoms with Crippen molar-refractivity contribution in [2.75, 3.05) is 19.8 Å². The smallest absolute Gasteiger partial charge is 0.308 e. The second kappa shape index (κ2) is 4.93. The summed E-state index contributed by atoms with van der Waals surface area (Å²) in [6, 6.07) is 0. The largest absolute Gasteiger partial charge is 0.481 e. The summed E-state index contributed by atoms with van der Waals surface area (Å²) in [7, 11) is 0. The summed E-state index contributed by atoms with van der Waals surface area (Å²) in [6.07, 6.45) is 0.960. The molecule has 80 valence electrons. The van der Waals surface area contributed by atoms with Crippen LogP contribution in [-0.4, -0.2) is 41.6 Å². The minimum Gasteiger partial charge on any atom is -0.481 e. The fraction of sp³-hybridized carbons (Fsp3) is 0.778. The summed E-state index contributed by atoms with van der Waals surface area (Å²) in [4.78, 5) is 23.4. The Bertz CT molecular complexity index is 232. The molecule has 1 atom stereocenters. The molecule has 1 amide bonds. The van der Waals surface area contributed by atoms with E-state index in [9.17, 15) is 14.0 Å². The molecule has 1 fully saturated rings. The Morgan fingerprint density at radius 2 is 2.36 bits per heavy atom. The summed E-state index contributed by atoms with van der Waals surface area (Å²) in [5.41, 5.74) is 0. The van der Waals surface area contributed by atoms with Crippen LogP contribution >= 0.6 is 0 Å². The highest BCUT2D eigenvalue weighted by atomic mass is 19.1. The summed E-state index contributed by atoms with van der Waals surface area (Å²) >= 11 is 0. The van der Waals surface area contributed by atoms with Crippen molar-refractivity contribution in [2.24, 2.45) is 5.92 Å². The Hall–Kier alpha value is -1.13. The predicted octanol–water partition coefficient (Wildman–Crippen LogP) is 0.669. The van der Waals surface area contributed by atoms with Crippen LogP contribution in [0, 0.1) is 5.92 Å². The zero-order valence-electron chi connectivity index (χ0n) is 7.91. The maximum Gasteiger partial charge on any atom is 0.308 e. The van der Waals surface area contributed by atoms with E-state index in [1.54, 1.807) is 0 Å². The van der Waals surface area contributed by atoms with Crippen LogP contribution in [0.5, 0.6) is 0 Å². The number of carbonyl (C=O) groups excluding carboxylic acids is 1. The van der Waals surface area contributed by atoms with Crippen LogP contribution in [0.3, 0.4) is 0 Å². The number of amides is 1. The van der Waals surface area contributed by atoms with Crippen molar-refractivity contribution in [3.63, 3.8) is 0 Å². The fourth-order valence-corrected chi connectivity index (χ4v) is 1.58. The molecule has 1 heterocycles. The highest BCUT2D eigenvalue weighted by Crippen LogP contribution is 2.17. The number of likely N-dealkylation sites (tertiary alicyclic amines) is 1. The van der Waals surface area contributed by atoms with Crippen molar-refractivity contribution in [3.05, 3.63) is 0 Å². The average Bonchev–Trinajstić information content (AvgIpc) is 2.16. The number of carboxylic acids is 1. The highest BCUT2D eigenvalue weighted by molar-refractivity contribution is 5.80. The second-order valence-corrected chi connectivity index (χ2v) is 3.46. The third-order valence-electron chi connectivity index (χ3n) is 2.41. The Labute approximate surface area is 81.7 Å². The van der Waals surface area contributed by atoms with Gasteiger partial charge >= 0.3 is 5.97 Å². The number of alkyl halides is 1. The van der Waals surface area contributed by atoms with Crippen LogP contribution in [0.2, 0.25) is 0 Å². The second-order valence-electron chi connectivity index (χ2n) is 3.46. The molecule has 4 nitrogen and oxygen atoms in total. The van der Waals surface area contributed by atoms with E-state index in [4.69, 9.17) is 5.11 Å². The van der Waals surface area contributed by atoms with Gasteiger partial charge in [0.1, 0.15) is 0 Å². The molecule has 0 saturated carbocycles. The van der Waals surface area contributed by atoms with Crippen LogP contribution < -0.4 is 0 Å². The number of carboxylic acid groups (broad SMARTS) is 1. The summed E-state index contributed by atoms with van der Waals surface area (Å²) < 4.78 is 11.9. The number of rotatable bonds is 4. The molecule has 1 aliphatic rings. The van der Waals surface area contributed by atoms with Gasteiger partial charge in [-0.2, -0.15) is 0 Å². The van der Waals surface area contributed by atoms with Gasteiger partial charge in [0.05, 0.1) is 12.6 Å². The molecule has 14 heavy (non-hydrogen) atoms. The van der Waals surface area contributed by atoms with E-state index in [2.05, 4.69) is 0 Å². The monoisotopic (exact) mass is 203 g/mol. The lowest BCUT2D eigenvalue weighted by Crippen LogP contribution is -2.43. The van der Waals surface area contributed by atoms with Gasteiger partial charge in [-0.1, -0.05) is 0 Å². The van der Waals surface area contributed by atoms with E-state index < -0.39 is 18.6 Å². The zero-order chi connectivity index (χ0) is 10.6. The Kier molecular flexibility index (Phi) is 3.85. The standard InChI is InChI=1S/C9H14FNO3/c10-4-1-5-11-6-7(9(13)14)2-3-8(11)12/h7H,1-6H2,(H,13,14). The molecule has 0 spiro atoms. The number of hydrogen-bond acceptors (Lipinski definition) is 2. The topological polar surface area (TPSA) is 57.6 Å². The summed E-state index contributed by atoms with van der Waals surface area (Å²) in [6.45, 7) is 0.0921. The summed E-state index contributed by atoms with van der Waals surface area (Å²) in [5, 5.41) is 8.76. The van der Waals surface area contributed by atoms with Crippen LogP contribution in [0.4, 0.5) is 4.39 Å². The highest BCUT2D eigenvalue weighted by Gasteiger charge is 2.29. The molecule has 1 aliphatic heterocycles. The van der Waals surface area contributed by atoms with Gasteiger partial charge in [-0.3, -0.25) is 14.0 Å². The van der Waals surface area contributed by atoms with E-state index >= 15 is 0 Å². The first kappa shape index (κ1) is 10.9. The molecule has 1 saturated heterocycles. The lowest BCUT2D eigenvalue weighted by molar-refractivity contribution is -0.147. The first-order valence-corrected chi connectivity index (χ1v) is 4.71. The first-order chi connectivity index (χ1) is 6.65. The van der Waals surface area contributed by atoms with Gasteiger partial charge in [-0.15, -0.1) is 0 Å². The van der Waals surface area contributed by atoms with Crippen LogP contribution in [0.1, 0.15) is 19.3 Å². The molecule has 1 N–H and O–H groups in total. The average molecular weight is 203 g/mol. The first-order valence-electron chi connectivity index (χ1n) is 4.71. The third-order valence-corrected chi connectivity index (χ3v) is 2.41. The molecule has 0 aromatic carbocycles. The minimum absolute atomic E-state index is 0.0593. The minimum atomic E-state index is -0.872. The quantitative estimate of drug-likeness (QED) is 0.730. The Morgan fingerprint density at radius 1 is 1.64 bits per heavy atom. The van der Waals surface area contributed by atoms with Crippen LogP contribution in [0.25, 0.3) is 0 Å². The van der Waals surface area contributed by atoms with Gasteiger partial charge in [-0.25, -0.2) is 0 Å².